The molecular formula is C50H44N8O23S6. The predicted molar refractivity (Wildman–Crippen MR) is 306 cm³/mol. The second-order valence-corrected chi connectivity index (χ2v) is 27.2. The Balaban J connectivity index is 1.18. The summed E-state index contributed by atoms with van der Waals surface area (Å²) in [6.07, 6.45) is 0. The monoisotopic (exact) mass is 1320 g/mol. The SMILES string of the molecule is Cc1ccc(S(=O)(=O)Nc2cc(S(=O)(=O)O)cc3cc(S(=O)(=O)O)c(N=Nc4ccc(N=[N+]([O-])c5ccc(N=Nc6c(S(=O)(=O)O)cc7cc(S(=O)(=O)O)cc(NS(=O)(=O)c8ccc(C)cc8)c7c6O)cc5OCCO)c(OCCO)c4)c(O)c23)cc1. The van der Waals surface area contributed by atoms with Gasteiger partial charge in [-0.3, -0.25) is 27.7 Å². The van der Waals surface area contributed by atoms with Gasteiger partial charge < -0.3 is 35.1 Å². The van der Waals surface area contributed by atoms with Gasteiger partial charge in [-0.25, -0.2) is 16.8 Å². The molecule has 8 aromatic carbocycles. The van der Waals surface area contributed by atoms with Crippen molar-refractivity contribution in [1.29, 1.82) is 0 Å². The van der Waals surface area contributed by atoms with Crippen molar-refractivity contribution in [1.82, 2.24) is 0 Å². The lowest BCUT2D eigenvalue weighted by molar-refractivity contribution is -0.436. The maximum absolute atomic E-state index is 13.9. The first-order valence-electron chi connectivity index (χ1n) is 24.1. The number of aromatic hydroxyl groups is 2. The first kappa shape index (κ1) is 64.1. The molecule has 0 atom stereocenters. The second kappa shape index (κ2) is 24.5. The zero-order valence-electron chi connectivity index (χ0n) is 44.2. The molecule has 87 heavy (non-hydrogen) atoms. The first-order chi connectivity index (χ1) is 40.6. The molecule has 0 aliphatic heterocycles. The van der Waals surface area contributed by atoms with Gasteiger partial charge in [0.1, 0.15) is 34.4 Å². The Hall–Kier alpha value is -8.86. The number of azo groups is 3. The van der Waals surface area contributed by atoms with Crippen LogP contribution in [0, 0.1) is 19.1 Å². The fourth-order valence-corrected chi connectivity index (χ4v) is 12.6. The van der Waals surface area contributed by atoms with E-state index < -0.39 is 174 Å². The number of nitrogens with zero attached hydrogens (tertiary/aromatic N) is 6. The number of hydrogen-bond donors (Lipinski definition) is 10. The summed E-state index contributed by atoms with van der Waals surface area (Å²) in [5.74, 6) is -3.12. The smallest absolute Gasteiger partial charge is 0.296 e. The van der Waals surface area contributed by atoms with Crippen LogP contribution in [0.15, 0.2) is 176 Å². The van der Waals surface area contributed by atoms with Crippen molar-refractivity contribution in [3.63, 3.8) is 0 Å². The minimum Gasteiger partial charge on any atom is -0.594 e. The lowest BCUT2D eigenvalue weighted by Gasteiger charge is -2.16. The summed E-state index contributed by atoms with van der Waals surface area (Å²) in [5.41, 5.74) is -3.53. The Morgan fingerprint density at radius 2 is 0.862 bits per heavy atom. The molecule has 0 bridgehead atoms. The van der Waals surface area contributed by atoms with E-state index >= 15 is 0 Å². The molecule has 0 aromatic heterocycles. The number of aliphatic hydroxyl groups excluding tert-OH is 2. The van der Waals surface area contributed by atoms with E-state index in [1.165, 1.54) is 48.5 Å². The van der Waals surface area contributed by atoms with E-state index in [1.807, 2.05) is 0 Å². The fraction of sp³-hybridized carbons (Fsp3) is 0.120. The quantitative estimate of drug-likeness (QED) is 0.0132. The Kier molecular flexibility index (Phi) is 18.1. The third kappa shape index (κ3) is 14.5. The van der Waals surface area contributed by atoms with Crippen molar-refractivity contribution in [2.45, 2.75) is 43.2 Å². The minimum atomic E-state index is -5.42. The van der Waals surface area contributed by atoms with Crippen LogP contribution in [-0.2, 0) is 60.5 Å². The Morgan fingerprint density at radius 3 is 1.25 bits per heavy atom. The molecule has 10 N–H and O–H groups in total. The molecule has 0 amide bonds. The molecule has 0 heterocycles. The molecular weight excluding hydrogens is 1270 g/mol. The predicted octanol–water partition coefficient (Wildman–Crippen LogP) is 8.11. The zero-order chi connectivity index (χ0) is 63.8. The summed E-state index contributed by atoms with van der Waals surface area (Å²) in [5, 5.41) is 73.6. The zero-order valence-corrected chi connectivity index (χ0v) is 49.1. The average molecular weight is 1320 g/mol. The van der Waals surface area contributed by atoms with Crippen LogP contribution >= 0.6 is 0 Å². The van der Waals surface area contributed by atoms with Crippen LogP contribution in [0.3, 0.4) is 0 Å². The van der Waals surface area contributed by atoms with Crippen molar-refractivity contribution >= 4 is 128 Å². The molecule has 0 spiro atoms. The van der Waals surface area contributed by atoms with Crippen LogP contribution in [0.25, 0.3) is 21.5 Å². The standard InChI is InChI=1S/C50H44N8O23S6/c1-27-3-9-33(10-4-27)82(64,65)56-38-25-35(84(68,69)70)19-29-21-43(86(74,75)76)47(49(61)45(29)38)53-51-31-7-13-37(41(23-31)80-17-15-59)55-58(63)40-14-8-32(24-42(40)81-18-16-60)52-54-48-44(87(77,78)79)22-30-20-36(85(71,72)73)26-39(46(30)50(48)62)57-83(66,67)34-11-5-28(2)6-12-34/h3-14,19-26,56-57,59-62H,15-18H2,1-2H3,(H,68,69,70)(H,71,72,73)(H,74,75,76)(H,77,78,79). The normalized spacial score (nSPS) is 13.0. The van der Waals surface area contributed by atoms with Gasteiger partial charge >= 0.3 is 0 Å². The topological polar surface area (TPSA) is 497 Å². The van der Waals surface area contributed by atoms with Gasteiger partial charge in [0.2, 0.25) is 0 Å². The van der Waals surface area contributed by atoms with Crippen LogP contribution < -0.4 is 18.9 Å². The van der Waals surface area contributed by atoms with E-state index in [1.54, 1.807) is 13.8 Å². The van der Waals surface area contributed by atoms with Crippen LogP contribution in [0.2, 0.25) is 0 Å². The summed E-state index contributed by atoms with van der Waals surface area (Å²) in [4.78, 5) is -5.06. The lowest BCUT2D eigenvalue weighted by Crippen LogP contribution is -2.14. The van der Waals surface area contributed by atoms with Crippen molar-refractivity contribution in [2.75, 3.05) is 35.9 Å². The van der Waals surface area contributed by atoms with Crippen LogP contribution in [-0.4, -0.2) is 120 Å². The van der Waals surface area contributed by atoms with E-state index in [2.05, 4.69) is 35.0 Å². The lowest BCUT2D eigenvalue weighted by atomic mass is 10.1. The van der Waals surface area contributed by atoms with Gasteiger partial charge in [0.25, 0.3) is 66.2 Å². The van der Waals surface area contributed by atoms with Gasteiger partial charge in [0.15, 0.2) is 28.7 Å². The summed E-state index contributed by atoms with van der Waals surface area (Å²) >= 11 is 0. The van der Waals surface area contributed by atoms with E-state index in [0.717, 1.165) is 36.4 Å². The largest absolute Gasteiger partial charge is 0.594 e. The van der Waals surface area contributed by atoms with Gasteiger partial charge in [0.05, 0.1) is 66.3 Å². The number of fused-ring (bicyclic) bond motifs is 2. The van der Waals surface area contributed by atoms with E-state index in [-0.39, 0.29) is 37.5 Å². The van der Waals surface area contributed by atoms with Crippen LogP contribution in [0.4, 0.5) is 45.5 Å². The number of ether oxygens (including phenoxy) is 2. The molecule has 458 valence electrons. The number of aliphatic hydroxyl groups is 2. The molecule has 0 saturated heterocycles. The third-order valence-electron chi connectivity index (χ3n) is 12.1. The molecule has 0 unspecified atom stereocenters. The highest BCUT2D eigenvalue weighted by atomic mass is 32.2. The highest BCUT2D eigenvalue weighted by Crippen LogP contribution is 2.48. The molecule has 8 rings (SSSR count). The number of benzene rings is 8. The number of rotatable bonds is 22. The maximum Gasteiger partial charge on any atom is 0.296 e. The van der Waals surface area contributed by atoms with Crippen LogP contribution in [0.5, 0.6) is 23.0 Å². The van der Waals surface area contributed by atoms with E-state index in [0.29, 0.717) is 47.5 Å². The molecule has 0 fully saturated rings. The molecule has 0 saturated carbocycles. The van der Waals surface area contributed by atoms with Gasteiger partial charge in [-0.05, 0) is 108 Å². The van der Waals surface area contributed by atoms with Crippen molar-refractivity contribution in [3.05, 3.63) is 138 Å². The Labute approximate surface area is 493 Å². The van der Waals surface area contributed by atoms with Crippen molar-refractivity contribution < 1.29 is 103 Å². The molecule has 8 aromatic rings. The number of sulfonamides is 2. The molecule has 37 heteroatoms. The average Bonchev–Trinajstić information content (AvgIpc) is 2.85. The number of phenolic OH excluding ortho intramolecular Hbond substituents is 2. The molecule has 0 aliphatic rings. The Morgan fingerprint density at radius 1 is 0.471 bits per heavy atom. The molecule has 31 nitrogen and oxygen atoms in total. The van der Waals surface area contributed by atoms with Gasteiger partial charge in [0, 0.05) is 23.3 Å². The van der Waals surface area contributed by atoms with E-state index in [9.17, 15) is 94.4 Å². The highest BCUT2D eigenvalue weighted by Gasteiger charge is 2.30. The molecule has 0 aliphatic carbocycles. The highest BCUT2D eigenvalue weighted by molar-refractivity contribution is 7.93. The van der Waals surface area contributed by atoms with Gasteiger partial charge in [-0.1, -0.05) is 35.4 Å². The molecule has 0 radical (unpaired) electrons. The van der Waals surface area contributed by atoms with Gasteiger partial charge in [-0.2, -0.15) is 43.9 Å². The van der Waals surface area contributed by atoms with Gasteiger partial charge in [-0.15, -0.1) is 10.2 Å². The third-order valence-corrected chi connectivity index (χ3v) is 18.2. The fourth-order valence-electron chi connectivity index (χ4n) is 8.09. The van der Waals surface area contributed by atoms with Crippen molar-refractivity contribution in [3.8, 4) is 23.0 Å². The first-order valence-corrected chi connectivity index (χ1v) is 32.9. The van der Waals surface area contributed by atoms with Crippen LogP contribution in [0.1, 0.15) is 11.1 Å². The number of nitrogens with one attached hydrogen (secondary N) is 2. The number of anilines is 2. The second-order valence-electron chi connectivity index (χ2n) is 18.2. The summed E-state index contributed by atoms with van der Waals surface area (Å²) < 4.78 is 210. The van der Waals surface area contributed by atoms with Crippen molar-refractivity contribution in [2.24, 2.45) is 25.6 Å². The van der Waals surface area contributed by atoms with E-state index in [4.69, 9.17) is 9.47 Å². The Bertz CT molecular complexity index is 4920. The summed E-state index contributed by atoms with van der Waals surface area (Å²) in [7, 11) is -30.4. The number of hydrogen-bond acceptors (Lipinski definition) is 24. The number of aryl methyl sites for hydroxylation is 2. The summed E-state index contributed by atoms with van der Waals surface area (Å²) in [6.45, 7) is 1.13. The minimum absolute atomic E-state index is 0.0365. The maximum atomic E-state index is 13.9. The number of phenols is 2. The summed E-state index contributed by atoms with van der Waals surface area (Å²) in [6, 6.07) is 20.7.